The van der Waals surface area contributed by atoms with E-state index in [-0.39, 0.29) is 24.0 Å². The standard InChI is InChI=1S/C24H29BrN2O3/c1-16(2)30-22-14-13-17(25)15-20(22)23(28)26-21-12-8-7-11-19(21)24(29)27(3)18-9-5-4-6-10-18/h7-8,11-16,18H,4-6,9-10H2,1-3H3,(H,26,28). The first-order valence-corrected chi connectivity index (χ1v) is 11.3. The van der Waals surface area contributed by atoms with E-state index in [0.29, 0.717) is 22.6 Å². The number of halogens is 1. The van der Waals surface area contributed by atoms with Crippen LogP contribution in [0.2, 0.25) is 0 Å². The summed E-state index contributed by atoms with van der Waals surface area (Å²) in [5.74, 6) is 0.132. The van der Waals surface area contributed by atoms with Crippen molar-refractivity contribution in [3.63, 3.8) is 0 Å². The van der Waals surface area contributed by atoms with E-state index in [1.807, 2.05) is 44.0 Å². The maximum Gasteiger partial charge on any atom is 0.259 e. The zero-order chi connectivity index (χ0) is 21.7. The van der Waals surface area contributed by atoms with Gasteiger partial charge >= 0.3 is 0 Å². The minimum absolute atomic E-state index is 0.0595. The highest BCUT2D eigenvalue weighted by atomic mass is 79.9. The summed E-state index contributed by atoms with van der Waals surface area (Å²) in [5.41, 5.74) is 1.42. The van der Waals surface area contributed by atoms with Crippen LogP contribution in [0, 0.1) is 0 Å². The van der Waals surface area contributed by atoms with E-state index in [1.54, 1.807) is 24.3 Å². The summed E-state index contributed by atoms with van der Waals surface area (Å²) in [4.78, 5) is 28.1. The van der Waals surface area contributed by atoms with Gasteiger partial charge in [0.05, 0.1) is 22.9 Å². The molecule has 5 nitrogen and oxygen atoms in total. The van der Waals surface area contributed by atoms with E-state index in [4.69, 9.17) is 4.74 Å². The predicted octanol–water partition coefficient (Wildman–Crippen LogP) is 5.89. The average Bonchev–Trinajstić information content (AvgIpc) is 2.74. The van der Waals surface area contributed by atoms with Gasteiger partial charge in [-0.1, -0.05) is 47.3 Å². The molecule has 1 saturated carbocycles. The molecular weight excluding hydrogens is 444 g/mol. The van der Waals surface area contributed by atoms with E-state index in [9.17, 15) is 9.59 Å². The van der Waals surface area contributed by atoms with Crippen molar-refractivity contribution in [1.29, 1.82) is 0 Å². The van der Waals surface area contributed by atoms with Crippen LogP contribution in [0.5, 0.6) is 5.75 Å². The Kier molecular flexibility index (Phi) is 7.53. The second-order valence-electron chi connectivity index (χ2n) is 8.01. The minimum atomic E-state index is -0.312. The average molecular weight is 473 g/mol. The van der Waals surface area contributed by atoms with Crippen molar-refractivity contribution in [2.45, 2.75) is 58.1 Å². The molecule has 30 heavy (non-hydrogen) atoms. The molecule has 0 radical (unpaired) electrons. The SMILES string of the molecule is CC(C)Oc1ccc(Br)cc1C(=O)Nc1ccccc1C(=O)N(C)C1CCCCC1. The quantitative estimate of drug-likeness (QED) is 0.569. The van der Waals surface area contributed by atoms with Crippen molar-refractivity contribution < 1.29 is 14.3 Å². The molecule has 0 atom stereocenters. The van der Waals surface area contributed by atoms with Gasteiger partial charge in [0.15, 0.2) is 0 Å². The third-order valence-corrected chi connectivity index (χ3v) is 5.89. The number of carbonyl (C=O) groups excluding carboxylic acids is 2. The Balaban J connectivity index is 1.84. The molecule has 0 aromatic heterocycles. The van der Waals surface area contributed by atoms with Crippen LogP contribution < -0.4 is 10.1 Å². The Labute approximate surface area is 186 Å². The second kappa shape index (κ2) is 10.1. The van der Waals surface area contributed by atoms with Crippen LogP contribution in [0.25, 0.3) is 0 Å². The van der Waals surface area contributed by atoms with Crippen molar-refractivity contribution in [2.24, 2.45) is 0 Å². The van der Waals surface area contributed by atoms with Gasteiger partial charge in [-0.3, -0.25) is 9.59 Å². The van der Waals surface area contributed by atoms with Crippen molar-refractivity contribution in [3.8, 4) is 5.75 Å². The van der Waals surface area contributed by atoms with E-state index >= 15 is 0 Å². The number of nitrogens with one attached hydrogen (secondary N) is 1. The molecule has 2 aromatic carbocycles. The molecule has 1 aliphatic rings. The molecule has 1 aliphatic carbocycles. The maximum absolute atomic E-state index is 13.2. The van der Waals surface area contributed by atoms with Gasteiger partial charge in [0, 0.05) is 17.6 Å². The molecule has 160 valence electrons. The van der Waals surface area contributed by atoms with E-state index < -0.39 is 0 Å². The molecule has 1 N–H and O–H groups in total. The zero-order valence-electron chi connectivity index (χ0n) is 17.8. The van der Waals surface area contributed by atoms with Gasteiger partial charge < -0.3 is 15.0 Å². The number of nitrogens with zero attached hydrogens (tertiary/aromatic N) is 1. The highest BCUT2D eigenvalue weighted by Crippen LogP contribution is 2.28. The molecule has 0 heterocycles. The van der Waals surface area contributed by atoms with E-state index in [2.05, 4.69) is 21.2 Å². The molecule has 2 aromatic rings. The lowest BCUT2D eigenvalue weighted by Gasteiger charge is -2.31. The largest absolute Gasteiger partial charge is 0.490 e. The fourth-order valence-electron chi connectivity index (χ4n) is 3.83. The Morgan fingerprint density at radius 1 is 1.07 bits per heavy atom. The fraction of sp³-hybridized carbons (Fsp3) is 0.417. The first kappa shape index (κ1) is 22.3. The van der Waals surface area contributed by atoms with Crippen molar-refractivity contribution >= 4 is 33.4 Å². The Morgan fingerprint density at radius 2 is 1.77 bits per heavy atom. The third-order valence-electron chi connectivity index (χ3n) is 5.40. The number of hydrogen-bond acceptors (Lipinski definition) is 3. The van der Waals surface area contributed by atoms with Crippen LogP contribution in [0.4, 0.5) is 5.69 Å². The number of hydrogen-bond donors (Lipinski definition) is 1. The summed E-state index contributed by atoms with van der Waals surface area (Å²) in [6, 6.07) is 12.8. The Hall–Kier alpha value is -2.34. The highest BCUT2D eigenvalue weighted by Gasteiger charge is 2.25. The lowest BCUT2D eigenvalue weighted by molar-refractivity contribution is 0.0697. The number of carbonyl (C=O) groups is 2. The molecule has 0 unspecified atom stereocenters. The van der Waals surface area contributed by atoms with Crippen molar-refractivity contribution in [2.75, 3.05) is 12.4 Å². The first-order valence-electron chi connectivity index (χ1n) is 10.5. The van der Waals surface area contributed by atoms with Gasteiger partial charge in [-0.05, 0) is 57.0 Å². The number of amides is 2. The molecule has 0 bridgehead atoms. The summed E-state index contributed by atoms with van der Waals surface area (Å²) in [7, 11) is 1.86. The molecule has 1 fully saturated rings. The second-order valence-corrected chi connectivity index (χ2v) is 8.93. The van der Waals surface area contributed by atoms with Gasteiger partial charge in [0.25, 0.3) is 11.8 Å². The molecule has 0 spiro atoms. The van der Waals surface area contributed by atoms with Crippen LogP contribution in [0.15, 0.2) is 46.9 Å². The summed E-state index contributed by atoms with van der Waals surface area (Å²) >= 11 is 3.42. The number of ether oxygens (including phenoxy) is 1. The van der Waals surface area contributed by atoms with E-state index in [1.165, 1.54) is 6.42 Å². The first-order chi connectivity index (χ1) is 14.4. The summed E-state index contributed by atoms with van der Waals surface area (Å²) in [6.07, 6.45) is 5.55. The summed E-state index contributed by atoms with van der Waals surface area (Å²) in [5, 5.41) is 2.92. The number of para-hydroxylation sites is 1. The Bertz CT molecular complexity index is 907. The lowest BCUT2D eigenvalue weighted by atomic mass is 9.94. The smallest absolute Gasteiger partial charge is 0.259 e. The van der Waals surface area contributed by atoms with Gasteiger partial charge in [0.2, 0.25) is 0 Å². The Morgan fingerprint density at radius 3 is 2.47 bits per heavy atom. The van der Waals surface area contributed by atoms with Gasteiger partial charge in [0.1, 0.15) is 5.75 Å². The van der Waals surface area contributed by atoms with Crippen molar-refractivity contribution in [1.82, 2.24) is 4.90 Å². The number of rotatable bonds is 6. The molecule has 6 heteroatoms. The lowest BCUT2D eigenvalue weighted by Crippen LogP contribution is -2.38. The molecule has 0 aliphatic heterocycles. The number of benzene rings is 2. The highest BCUT2D eigenvalue weighted by molar-refractivity contribution is 9.10. The summed E-state index contributed by atoms with van der Waals surface area (Å²) in [6.45, 7) is 3.83. The zero-order valence-corrected chi connectivity index (χ0v) is 19.4. The number of anilines is 1. The summed E-state index contributed by atoms with van der Waals surface area (Å²) < 4.78 is 6.58. The maximum atomic E-state index is 13.2. The third kappa shape index (κ3) is 5.42. The molecular formula is C24H29BrN2O3. The predicted molar refractivity (Wildman–Crippen MR) is 123 cm³/mol. The van der Waals surface area contributed by atoms with E-state index in [0.717, 1.165) is 30.2 Å². The van der Waals surface area contributed by atoms with Crippen LogP contribution >= 0.6 is 15.9 Å². The van der Waals surface area contributed by atoms with Gasteiger partial charge in [-0.2, -0.15) is 0 Å². The van der Waals surface area contributed by atoms with Gasteiger partial charge in [-0.15, -0.1) is 0 Å². The molecule has 2 amide bonds. The van der Waals surface area contributed by atoms with Crippen LogP contribution in [-0.4, -0.2) is 35.9 Å². The molecule has 3 rings (SSSR count). The van der Waals surface area contributed by atoms with Crippen LogP contribution in [-0.2, 0) is 0 Å². The minimum Gasteiger partial charge on any atom is -0.490 e. The molecule has 0 saturated heterocycles. The topological polar surface area (TPSA) is 58.6 Å². The fourth-order valence-corrected chi connectivity index (χ4v) is 4.19. The van der Waals surface area contributed by atoms with Gasteiger partial charge in [-0.25, -0.2) is 0 Å². The normalized spacial score (nSPS) is 14.4. The monoisotopic (exact) mass is 472 g/mol. The van der Waals surface area contributed by atoms with Crippen LogP contribution in [0.1, 0.15) is 66.7 Å². The van der Waals surface area contributed by atoms with Crippen LogP contribution in [0.3, 0.4) is 0 Å². The van der Waals surface area contributed by atoms with Crippen molar-refractivity contribution in [3.05, 3.63) is 58.1 Å².